The van der Waals surface area contributed by atoms with Crippen LogP contribution in [0.5, 0.6) is 0 Å². The quantitative estimate of drug-likeness (QED) is 0.789. The maximum absolute atomic E-state index is 9.10. The topological polar surface area (TPSA) is 39.1 Å². The summed E-state index contributed by atoms with van der Waals surface area (Å²) in [7, 11) is 2.21. The number of hydrogen-bond donors (Lipinski definition) is 1. The molecule has 104 valence electrons. The van der Waals surface area contributed by atoms with E-state index in [1.807, 2.05) is 0 Å². The van der Waals surface area contributed by atoms with Gasteiger partial charge in [-0.2, -0.15) is 5.26 Å². The summed E-state index contributed by atoms with van der Waals surface area (Å²) in [4.78, 5) is 2.46. The molecule has 0 saturated heterocycles. The predicted molar refractivity (Wildman–Crippen MR) is 76.3 cm³/mol. The molecular weight excluding hydrogens is 222 g/mol. The van der Waals surface area contributed by atoms with Crippen LogP contribution in [-0.4, -0.2) is 36.6 Å². The van der Waals surface area contributed by atoms with Gasteiger partial charge in [0.25, 0.3) is 0 Å². The Morgan fingerprint density at radius 2 is 1.89 bits per heavy atom. The lowest BCUT2D eigenvalue weighted by Gasteiger charge is -2.34. The van der Waals surface area contributed by atoms with Crippen molar-refractivity contribution < 1.29 is 0 Å². The van der Waals surface area contributed by atoms with Crippen molar-refractivity contribution in [3.05, 3.63) is 0 Å². The Kier molecular flexibility index (Phi) is 6.67. The fourth-order valence-electron chi connectivity index (χ4n) is 2.79. The first-order valence-electron chi connectivity index (χ1n) is 7.38. The third-order valence-electron chi connectivity index (χ3n) is 4.07. The molecule has 0 aromatic heterocycles. The lowest BCUT2D eigenvalue weighted by molar-refractivity contribution is 0.166. The van der Waals surface area contributed by atoms with E-state index in [2.05, 4.69) is 44.1 Å². The van der Waals surface area contributed by atoms with Crippen molar-refractivity contribution in [1.82, 2.24) is 10.2 Å². The van der Waals surface area contributed by atoms with Gasteiger partial charge in [0, 0.05) is 18.6 Å². The molecule has 0 bridgehead atoms. The van der Waals surface area contributed by atoms with Gasteiger partial charge in [-0.05, 0) is 58.9 Å². The molecule has 1 fully saturated rings. The van der Waals surface area contributed by atoms with E-state index in [0.29, 0.717) is 6.04 Å². The maximum atomic E-state index is 9.10. The van der Waals surface area contributed by atoms with Gasteiger partial charge in [-0.25, -0.2) is 0 Å². The molecule has 1 saturated carbocycles. The highest BCUT2D eigenvalue weighted by Gasteiger charge is 2.22. The SMILES string of the molecule is CC1CCC(N(C)CCC(C#N)NC(C)C)CC1. The summed E-state index contributed by atoms with van der Waals surface area (Å²) in [6.45, 7) is 7.57. The Morgan fingerprint density at radius 1 is 1.28 bits per heavy atom. The van der Waals surface area contributed by atoms with Crippen molar-refractivity contribution in [2.24, 2.45) is 5.92 Å². The van der Waals surface area contributed by atoms with Gasteiger partial charge in [0.15, 0.2) is 0 Å². The smallest absolute Gasteiger partial charge is 0.0967 e. The lowest BCUT2D eigenvalue weighted by atomic mass is 9.86. The highest BCUT2D eigenvalue weighted by Crippen LogP contribution is 2.26. The summed E-state index contributed by atoms with van der Waals surface area (Å²) in [5.41, 5.74) is 0. The van der Waals surface area contributed by atoms with Gasteiger partial charge >= 0.3 is 0 Å². The molecule has 0 aromatic carbocycles. The molecule has 1 atom stereocenters. The minimum absolute atomic E-state index is 0.00466. The number of nitrogens with zero attached hydrogens (tertiary/aromatic N) is 2. The second-order valence-electron chi connectivity index (χ2n) is 6.19. The van der Waals surface area contributed by atoms with Crippen LogP contribution in [0.15, 0.2) is 0 Å². The van der Waals surface area contributed by atoms with Gasteiger partial charge in [-0.1, -0.05) is 6.92 Å². The van der Waals surface area contributed by atoms with Crippen LogP contribution in [0.1, 0.15) is 52.9 Å². The van der Waals surface area contributed by atoms with Crippen molar-refractivity contribution in [1.29, 1.82) is 5.26 Å². The minimum Gasteiger partial charge on any atom is -0.303 e. The van der Waals surface area contributed by atoms with Crippen LogP contribution in [-0.2, 0) is 0 Å². The van der Waals surface area contributed by atoms with Gasteiger partial charge in [0.05, 0.1) is 12.1 Å². The molecule has 0 aliphatic heterocycles. The van der Waals surface area contributed by atoms with E-state index in [9.17, 15) is 0 Å². The molecule has 18 heavy (non-hydrogen) atoms. The Hall–Kier alpha value is -0.590. The number of nitriles is 1. The Labute approximate surface area is 113 Å². The lowest BCUT2D eigenvalue weighted by Crippen LogP contribution is -2.40. The molecule has 1 rings (SSSR count). The summed E-state index contributed by atoms with van der Waals surface area (Å²) >= 11 is 0. The van der Waals surface area contributed by atoms with Crippen LogP contribution in [0.25, 0.3) is 0 Å². The molecule has 3 heteroatoms. The van der Waals surface area contributed by atoms with Gasteiger partial charge in [-0.15, -0.1) is 0 Å². The van der Waals surface area contributed by atoms with E-state index in [1.165, 1.54) is 25.7 Å². The minimum atomic E-state index is -0.00466. The normalized spacial score (nSPS) is 26.3. The van der Waals surface area contributed by atoms with Crippen molar-refractivity contribution in [2.45, 2.75) is 71.0 Å². The van der Waals surface area contributed by atoms with Crippen LogP contribution in [0.3, 0.4) is 0 Å². The van der Waals surface area contributed by atoms with Crippen LogP contribution in [0.4, 0.5) is 0 Å². The third kappa shape index (κ3) is 5.37. The average molecular weight is 251 g/mol. The molecule has 1 N–H and O–H groups in total. The molecule has 1 aliphatic carbocycles. The van der Waals surface area contributed by atoms with E-state index < -0.39 is 0 Å². The van der Waals surface area contributed by atoms with Crippen LogP contribution < -0.4 is 5.32 Å². The average Bonchev–Trinajstić information content (AvgIpc) is 2.34. The Bertz CT molecular complexity index is 261. The van der Waals surface area contributed by atoms with Crippen LogP contribution in [0, 0.1) is 17.2 Å². The summed E-state index contributed by atoms with van der Waals surface area (Å²) in [6, 6.07) is 3.48. The monoisotopic (exact) mass is 251 g/mol. The predicted octanol–water partition coefficient (Wildman–Crippen LogP) is 2.78. The zero-order chi connectivity index (χ0) is 13.5. The molecule has 0 radical (unpaired) electrons. The Balaban J connectivity index is 2.27. The van der Waals surface area contributed by atoms with E-state index in [1.54, 1.807) is 0 Å². The molecular formula is C15H29N3. The van der Waals surface area contributed by atoms with Gasteiger partial charge in [0.2, 0.25) is 0 Å². The van der Waals surface area contributed by atoms with Crippen molar-refractivity contribution >= 4 is 0 Å². The molecule has 0 aromatic rings. The Morgan fingerprint density at radius 3 is 2.39 bits per heavy atom. The first kappa shape index (κ1) is 15.5. The number of hydrogen-bond acceptors (Lipinski definition) is 3. The highest BCUT2D eigenvalue weighted by atomic mass is 15.1. The van der Waals surface area contributed by atoms with Crippen molar-refractivity contribution in [2.75, 3.05) is 13.6 Å². The largest absolute Gasteiger partial charge is 0.303 e. The van der Waals surface area contributed by atoms with Crippen LogP contribution in [0.2, 0.25) is 0 Å². The first-order chi connectivity index (χ1) is 8.52. The van der Waals surface area contributed by atoms with Gasteiger partial charge < -0.3 is 4.90 Å². The second-order valence-corrected chi connectivity index (χ2v) is 6.19. The number of rotatable bonds is 6. The van der Waals surface area contributed by atoms with Gasteiger partial charge in [0.1, 0.15) is 0 Å². The molecule has 1 unspecified atom stereocenters. The molecule has 0 heterocycles. The standard InChI is InChI=1S/C15H29N3/c1-12(2)17-14(11-16)9-10-18(4)15-7-5-13(3)6-8-15/h12-15,17H,5-10H2,1-4H3. The second kappa shape index (κ2) is 7.76. The molecule has 3 nitrogen and oxygen atoms in total. The third-order valence-corrected chi connectivity index (χ3v) is 4.07. The van der Waals surface area contributed by atoms with Crippen LogP contribution >= 0.6 is 0 Å². The zero-order valence-corrected chi connectivity index (χ0v) is 12.4. The van der Waals surface area contributed by atoms with Crippen molar-refractivity contribution in [3.63, 3.8) is 0 Å². The fourth-order valence-corrected chi connectivity index (χ4v) is 2.79. The van der Waals surface area contributed by atoms with Crippen molar-refractivity contribution in [3.8, 4) is 6.07 Å². The van der Waals surface area contributed by atoms with Gasteiger partial charge in [-0.3, -0.25) is 5.32 Å². The van der Waals surface area contributed by atoms with E-state index in [0.717, 1.165) is 24.9 Å². The number of nitrogens with one attached hydrogen (secondary N) is 1. The highest BCUT2D eigenvalue weighted by molar-refractivity contribution is 4.91. The molecule has 1 aliphatic rings. The van der Waals surface area contributed by atoms with E-state index >= 15 is 0 Å². The summed E-state index contributed by atoms with van der Waals surface area (Å²) in [5, 5.41) is 12.4. The maximum Gasteiger partial charge on any atom is 0.0967 e. The summed E-state index contributed by atoms with van der Waals surface area (Å²) in [6.07, 6.45) is 6.30. The fraction of sp³-hybridized carbons (Fsp3) is 0.933. The first-order valence-corrected chi connectivity index (χ1v) is 7.38. The zero-order valence-electron chi connectivity index (χ0n) is 12.4. The van der Waals surface area contributed by atoms with E-state index in [-0.39, 0.29) is 6.04 Å². The summed E-state index contributed by atoms with van der Waals surface area (Å²) in [5.74, 6) is 0.907. The van der Waals surface area contributed by atoms with E-state index in [4.69, 9.17) is 5.26 Å². The molecule has 0 spiro atoms. The molecule has 0 amide bonds. The summed E-state index contributed by atoms with van der Waals surface area (Å²) < 4.78 is 0.